The number of ether oxygens (including phenoxy) is 2. The van der Waals surface area contributed by atoms with Crippen LogP contribution in [0.15, 0.2) is 0 Å². The molecule has 1 atom stereocenters. The second-order valence-corrected chi connectivity index (χ2v) is 3.54. The van der Waals surface area contributed by atoms with Crippen LogP contribution < -0.4 is 15.8 Å². The quantitative estimate of drug-likeness (QED) is 0.579. The summed E-state index contributed by atoms with van der Waals surface area (Å²) in [5.74, 6) is 0.387. The molecule has 8 nitrogen and oxygen atoms in total. The number of aliphatic hydroxyl groups excluding tert-OH is 1. The van der Waals surface area contributed by atoms with Gasteiger partial charge >= 0.3 is 6.01 Å². The van der Waals surface area contributed by atoms with Gasteiger partial charge in [0.05, 0.1) is 19.3 Å². The molecule has 0 aromatic carbocycles. The molecule has 0 bridgehead atoms. The number of aliphatic hydroxyl groups is 1. The van der Waals surface area contributed by atoms with Gasteiger partial charge in [-0.05, 0) is 13.3 Å². The highest BCUT2D eigenvalue weighted by Gasteiger charge is 2.11. The molecule has 18 heavy (non-hydrogen) atoms. The standard InChI is InChI=1S/C10H19N5O3/c1-3-18-10-14-8(11)13-9(15-10)12-7(4-5-16)6-17-2/h7,16H,3-6H2,1-2H3,(H3,11,12,13,14,15). The van der Waals surface area contributed by atoms with Crippen molar-refractivity contribution in [2.45, 2.75) is 19.4 Å². The van der Waals surface area contributed by atoms with E-state index in [1.54, 1.807) is 7.11 Å². The minimum absolute atomic E-state index is 0.0416. The molecule has 1 aromatic rings. The SMILES string of the molecule is CCOc1nc(N)nc(NC(CCO)COC)n1. The molecule has 0 spiro atoms. The average molecular weight is 257 g/mol. The van der Waals surface area contributed by atoms with Gasteiger partial charge in [0.1, 0.15) is 0 Å². The number of rotatable bonds is 8. The predicted octanol–water partition coefficient (Wildman–Crippen LogP) is -0.338. The molecule has 0 amide bonds. The maximum atomic E-state index is 8.94. The molecule has 1 heterocycles. The summed E-state index contributed by atoms with van der Waals surface area (Å²) in [7, 11) is 1.58. The smallest absolute Gasteiger partial charge is 0.323 e. The Morgan fingerprint density at radius 3 is 2.78 bits per heavy atom. The molecule has 4 N–H and O–H groups in total. The Bertz CT molecular complexity index is 357. The largest absolute Gasteiger partial charge is 0.464 e. The molecule has 0 aliphatic heterocycles. The van der Waals surface area contributed by atoms with Crippen molar-refractivity contribution in [3.63, 3.8) is 0 Å². The first kappa shape index (κ1) is 14.4. The highest BCUT2D eigenvalue weighted by molar-refractivity contribution is 5.33. The van der Waals surface area contributed by atoms with Gasteiger partial charge in [0, 0.05) is 13.7 Å². The Labute approximate surface area is 106 Å². The Morgan fingerprint density at radius 2 is 2.17 bits per heavy atom. The number of aromatic nitrogens is 3. The third-order valence-corrected chi connectivity index (χ3v) is 2.08. The predicted molar refractivity (Wildman–Crippen MR) is 66.4 cm³/mol. The Kier molecular flexibility index (Phi) is 6.09. The first-order valence-corrected chi connectivity index (χ1v) is 5.70. The number of hydrogen-bond acceptors (Lipinski definition) is 8. The number of nitrogens with two attached hydrogens (primary N) is 1. The zero-order valence-electron chi connectivity index (χ0n) is 10.6. The van der Waals surface area contributed by atoms with Crippen LogP contribution in [0.2, 0.25) is 0 Å². The maximum Gasteiger partial charge on any atom is 0.323 e. The lowest BCUT2D eigenvalue weighted by atomic mass is 10.2. The van der Waals surface area contributed by atoms with Crippen molar-refractivity contribution < 1.29 is 14.6 Å². The summed E-state index contributed by atoms with van der Waals surface area (Å²) in [6.07, 6.45) is 0.517. The van der Waals surface area contributed by atoms with Crippen molar-refractivity contribution >= 4 is 11.9 Å². The molecule has 0 radical (unpaired) electrons. The summed E-state index contributed by atoms with van der Waals surface area (Å²) < 4.78 is 10.2. The first-order chi connectivity index (χ1) is 8.69. The zero-order chi connectivity index (χ0) is 13.4. The van der Waals surface area contributed by atoms with E-state index in [1.807, 2.05) is 6.92 Å². The molecule has 0 saturated heterocycles. The molecule has 1 rings (SSSR count). The summed E-state index contributed by atoms with van der Waals surface area (Å²) in [4.78, 5) is 11.8. The number of anilines is 2. The van der Waals surface area contributed by atoms with E-state index in [9.17, 15) is 0 Å². The minimum Gasteiger partial charge on any atom is -0.464 e. The summed E-state index contributed by atoms with van der Waals surface area (Å²) in [5, 5.41) is 11.9. The molecule has 102 valence electrons. The van der Waals surface area contributed by atoms with Crippen molar-refractivity contribution in [3.05, 3.63) is 0 Å². The van der Waals surface area contributed by atoms with Crippen molar-refractivity contribution in [3.8, 4) is 6.01 Å². The van der Waals surface area contributed by atoms with Crippen molar-refractivity contribution in [1.29, 1.82) is 0 Å². The zero-order valence-corrected chi connectivity index (χ0v) is 10.6. The Morgan fingerprint density at radius 1 is 1.39 bits per heavy atom. The van der Waals surface area contributed by atoms with E-state index in [0.29, 0.717) is 25.6 Å². The van der Waals surface area contributed by atoms with Crippen LogP contribution in [0.4, 0.5) is 11.9 Å². The number of nitrogen functional groups attached to an aromatic ring is 1. The van der Waals surface area contributed by atoms with Gasteiger partial charge in [-0.25, -0.2) is 0 Å². The van der Waals surface area contributed by atoms with Gasteiger partial charge in [-0.2, -0.15) is 15.0 Å². The summed E-state index contributed by atoms with van der Waals surface area (Å²) in [6.45, 7) is 2.74. The molecule has 1 aromatic heterocycles. The van der Waals surface area contributed by atoms with Crippen LogP contribution in [0.3, 0.4) is 0 Å². The molecule has 0 saturated carbocycles. The summed E-state index contributed by atoms with van der Waals surface area (Å²) in [6, 6.07) is 0.0731. The number of nitrogens with zero attached hydrogens (tertiary/aromatic N) is 3. The third-order valence-electron chi connectivity index (χ3n) is 2.08. The van der Waals surface area contributed by atoms with E-state index in [-0.39, 0.29) is 24.6 Å². The second-order valence-electron chi connectivity index (χ2n) is 3.54. The van der Waals surface area contributed by atoms with Crippen molar-refractivity contribution in [1.82, 2.24) is 15.0 Å². The van der Waals surface area contributed by atoms with Crippen LogP contribution in [-0.2, 0) is 4.74 Å². The fourth-order valence-corrected chi connectivity index (χ4v) is 1.37. The highest BCUT2D eigenvalue weighted by atomic mass is 16.5. The number of nitrogens with one attached hydrogen (secondary N) is 1. The van der Waals surface area contributed by atoms with Crippen molar-refractivity contribution in [2.75, 3.05) is 38.0 Å². The summed E-state index contributed by atoms with van der Waals surface area (Å²) >= 11 is 0. The van der Waals surface area contributed by atoms with Gasteiger partial charge in [-0.15, -0.1) is 0 Å². The van der Waals surface area contributed by atoms with E-state index in [0.717, 1.165) is 0 Å². The maximum absolute atomic E-state index is 8.94. The van der Waals surface area contributed by atoms with Gasteiger partial charge in [0.25, 0.3) is 0 Å². The average Bonchev–Trinajstić information content (AvgIpc) is 2.29. The van der Waals surface area contributed by atoms with Gasteiger partial charge < -0.3 is 25.6 Å². The molecule has 8 heteroatoms. The van der Waals surface area contributed by atoms with Crippen LogP contribution in [-0.4, -0.2) is 53.0 Å². The van der Waals surface area contributed by atoms with E-state index >= 15 is 0 Å². The topological polar surface area (TPSA) is 115 Å². The van der Waals surface area contributed by atoms with Crippen LogP contribution in [0, 0.1) is 0 Å². The van der Waals surface area contributed by atoms with Gasteiger partial charge in [-0.3, -0.25) is 0 Å². The van der Waals surface area contributed by atoms with E-state index in [2.05, 4.69) is 20.3 Å². The van der Waals surface area contributed by atoms with Gasteiger partial charge in [0.2, 0.25) is 11.9 Å². The fourth-order valence-electron chi connectivity index (χ4n) is 1.37. The van der Waals surface area contributed by atoms with E-state index < -0.39 is 0 Å². The number of hydrogen-bond donors (Lipinski definition) is 3. The van der Waals surface area contributed by atoms with Gasteiger partial charge in [-0.1, -0.05) is 0 Å². The molecule has 0 fully saturated rings. The highest BCUT2D eigenvalue weighted by Crippen LogP contribution is 2.10. The summed E-state index contributed by atoms with van der Waals surface area (Å²) in [5.41, 5.74) is 5.55. The molecule has 1 unspecified atom stereocenters. The first-order valence-electron chi connectivity index (χ1n) is 5.70. The lowest BCUT2D eigenvalue weighted by Gasteiger charge is -2.16. The second kappa shape index (κ2) is 7.62. The fraction of sp³-hybridized carbons (Fsp3) is 0.700. The lowest BCUT2D eigenvalue weighted by Crippen LogP contribution is -2.27. The lowest BCUT2D eigenvalue weighted by molar-refractivity contribution is 0.170. The molecular formula is C10H19N5O3. The van der Waals surface area contributed by atoms with Crippen LogP contribution in [0.1, 0.15) is 13.3 Å². The van der Waals surface area contributed by atoms with E-state index in [4.69, 9.17) is 20.3 Å². The van der Waals surface area contributed by atoms with Gasteiger partial charge in [0.15, 0.2) is 0 Å². The normalized spacial score (nSPS) is 12.2. The van der Waals surface area contributed by atoms with E-state index in [1.165, 1.54) is 0 Å². The van der Waals surface area contributed by atoms with Crippen molar-refractivity contribution in [2.24, 2.45) is 0 Å². The Balaban J connectivity index is 2.74. The molecule has 0 aliphatic carbocycles. The monoisotopic (exact) mass is 257 g/mol. The van der Waals surface area contributed by atoms with Crippen LogP contribution in [0.5, 0.6) is 6.01 Å². The molecule has 0 aliphatic rings. The molecular weight excluding hydrogens is 238 g/mol. The van der Waals surface area contributed by atoms with Crippen LogP contribution in [0.25, 0.3) is 0 Å². The number of methoxy groups -OCH3 is 1. The minimum atomic E-state index is -0.101. The Hall–Kier alpha value is -1.67. The third kappa shape index (κ3) is 4.68. The van der Waals surface area contributed by atoms with Crippen LogP contribution >= 0.6 is 0 Å².